The van der Waals surface area contributed by atoms with Gasteiger partial charge in [0.15, 0.2) is 5.96 Å². The largest absolute Gasteiger partial charge is 0.372 e. The molecule has 0 spiro atoms. The molecule has 0 bridgehead atoms. The zero-order valence-electron chi connectivity index (χ0n) is 18.3. The molecule has 5 heteroatoms. The molecule has 1 unspecified atom stereocenters. The highest BCUT2D eigenvalue weighted by Gasteiger charge is 2.14. The summed E-state index contributed by atoms with van der Waals surface area (Å²) in [5.74, 6) is 0.823. The first-order valence-electron chi connectivity index (χ1n) is 10.6. The second-order valence-corrected chi connectivity index (χ2v) is 8.09. The van der Waals surface area contributed by atoms with Crippen LogP contribution in [0.5, 0.6) is 0 Å². The monoisotopic (exact) mass is 393 g/mol. The highest BCUT2D eigenvalue weighted by molar-refractivity contribution is 5.80. The van der Waals surface area contributed by atoms with Gasteiger partial charge in [-0.05, 0) is 62.7 Å². The zero-order chi connectivity index (χ0) is 20.6. The van der Waals surface area contributed by atoms with E-state index in [0.29, 0.717) is 0 Å². The molecule has 3 rings (SSSR count). The van der Waals surface area contributed by atoms with Crippen molar-refractivity contribution >= 4 is 11.6 Å². The minimum absolute atomic E-state index is 0.181. The van der Waals surface area contributed by atoms with Gasteiger partial charge in [0.2, 0.25) is 0 Å². The molecule has 0 saturated carbocycles. The van der Waals surface area contributed by atoms with Crippen LogP contribution in [0.4, 0.5) is 5.69 Å². The summed E-state index contributed by atoms with van der Waals surface area (Å²) in [7, 11) is 6.03. The van der Waals surface area contributed by atoms with Crippen molar-refractivity contribution in [1.82, 2.24) is 15.5 Å². The number of nitrogens with one attached hydrogen (secondary N) is 2. The molecule has 29 heavy (non-hydrogen) atoms. The summed E-state index contributed by atoms with van der Waals surface area (Å²) >= 11 is 0. The van der Waals surface area contributed by atoms with E-state index in [1.165, 1.54) is 48.3 Å². The third-order valence-electron chi connectivity index (χ3n) is 5.47. The molecule has 5 nitrogen and oxygen atoms in total. The molecule has 2 aromatic rings. The zero-order valence-corrected chi connectivity index (χ0v) is 18.3. The number of aliphatic imine (C=N–C) groups is 1. The summed E-state index contributed by atoms with van der Waals surface area (Å²) in [6.45, 7) is 6.21. The molecule has 0 radical (unpaired) electrons. The molecule has 1 fully saturated rings. The molecule has 1 aliphatic heterocycles. The minimum Gasteiger partial charge on any atom is -0.372 e. The number of rotatable bonds is 7. The second-order valence-electron chi connectivity index (χ2n) is 8.09. The Morgan fingerprint density at radius 3 is 2.48 bits per heavy atom. The van der Waals surface area contributed by atoms with E-state index in [2.05, 4.69) is 95.0 Å². The maximum Gasteiger partial charge on any atom is 0.191 e. The van der Waals surface area contributed by atoms with Crippen molar-refractivity contribution in [1.29, 1.82) is 0 Å². The molecule has 1 aliphatic rings. The Balaban J connectivity index is 1.61. The van der Waals surface area contributed by atoms with Crippen molar-refractivity contribution < 1.29 is 0 Å². The summed E-state index contributed by atoms with van der Waals surface area (Å²) in [5.41, 5.74) is 5.25. The van der Waals surface area contributed by atoms with Gasteiger partial charge in [0.1, 0.15) is 0 Å². The summed E-state index contributed by atoms with van der Waals surface area (Å²) < 4.78 is 0. The van der Waals surface area contributed by atoms with Crippen molar-refractivity contribution in [3.05, 3.63) is 65.2 Å². The molecule has 2 N–H and O–H groups in total. The Bertz CT molecular complexity index is 808. The van der Waals surface area contributed by atoms with Gasteiger partial charge in [-0.2, -0.15) is 0 Å². The summed E-state index contributed by atoms with van der Waals surface area (Å²) in [6.07, 6.45) is 2.59. The molecule has 0 aliphatic carbocycles. The first-order valence-corrected chi connectivity index (χ1v) is 10.6. The van der Waals surface area contributed by atoms with Crippen LogP contribution in [0.25, 0.3) is 0 Å². The highest BCUT2D eigenvalue weighted by Crippen LogP contribution is 2.24. The Kier molecular flexibility index (Phi) is 7.53. The van der Waals surface area contributed by atoms with Crippen molar-refractivity contribution in [3.8, 4) is 0 Å². The summed E-state index contributed by atoms with van der Waals surface area (Å²) in [6, 6.07) is 17.6. The van der Waals surface area contributed by atoms with E-state index in [4.69, 9.17) is 0 Å². The lowest BCUT2D eigenvalue weighted by Gasteiger charge is -2.22. The van der Waals surface area contributed by atoms with Crippen LogP contribution < -0.4 is 15.5 Å². The molecule has 1 atom stereocenters. The van der Waals surface area contributed by atoms with Crippen LogP contribution in [0.2, 0.25) is 0 Å². The van der Waals surface area contributed by atoms with E-state index >= 15 is 0 Å². The fraction of sp³-hybridized carbons (Fsp3) is 0.458. The van der Waals surface area contributed by atoms with Gasteiger partial charge in [-0.25, -0.2) is 0 Å². The lowest BCUT2D eigenvalue weighted by atomic mass is 10.1. The Labute approximate surface area is 175 Å². The van der Waals surface area contributed by atoms with Gasteiger partial charge in [0, 0.05) is 38.9 Å². The first-order chi connectivity index (χ1) is 14.1. The molecular weight excluding hydrogens is 358 g/mol. The van der Waals surface area contributed by atoms with Crippen LogP contribution >= 0.6 is 0 Å². The van der Waals surface area contributed by atoms with E-state index < -0.39 is 0 Å². The third-order valence-corrected chi connectivity index (χ3v) is 5.47. The Morgan fingerprint density at radius 2 is 1.79 bits per heavy atom. The van der Waals surface area contributed by atoms with Crippen LogP contribution in [0, 0.1) is 0 Å². The number of guanidine groups is 1. The first kappa shape index (κ1) is 21.2. The van der Waals surface area contributed by atoms with Crippen LogP contribution in [-0.2, 0) is 13.1 Å². The SMILES string of the molecule is CN=C(NCc1ccccc1CN(C)C)NC(C)c1cccc(N2CCCC2)c1. The maximum absolute atomic E-state index is 4.43. The van der Waals surface area contributed by atoms with E-state index in [9.17, 15) is 0 Å². The third kappa shape index (κ3) is 5.97. The van der Waals surface area contributed by atoms with E-state index in [1.54, 1.807) is 0 Å². The van der Waals surface area contributed by atoms with E-state index in [1.807, 2.05) is 7.05 Å². The van der Waals surface area contributed by atoms with Crippen LogP contribution in [-0.4, -0.2) is 45.1 Å². The van der Waals surface area contributed by atoms with Gasteiger partial charge < -0.3 is 20.4 Å². The standard InChI is InChI=1S/C24H35N5/c1-19(20-12-9-13-23(16-20)29-14-7-8-15-29)27-24(25-2)26-17-21-10-5-6-11-22(21)18-28(3)4/h5-6,9-13,16,19H,7-8,14-15,17-18H2,1-4H3,(H2,25,26,27). The normalized spacial score (nSPS) is 15.6. The molecule has 2 aromatic carbocycles. The van der Waals surface area contributed by atoms with Gasteiger partial charge in [-0.1, -0.05) is 36.4 Å². The van der Waals surface area contributed by atoms with Crippen molar-refractivity contribution in [2.45, 2.75) is 38.9 Å². The van der Waals surface area contributed by atoms with Crippen molar-refractivity contribution in [2.75, 3.05) is 39.1 Å². The van der Waals surface area contributed by atoms with Crippen LogP contribution in [0.15, 0.2) is 53.5 Å². The van der Waals surface area contributed by atoms with Crippen LogP contribution in [0.3, 0.4) is 0 Å². The van der Waals surface area contributed by atoms with Gasteiger partial charge >= 0.3 is 0 Å². The molecule has 0 amide bonds. The fourth-order valence-corrected chi connectivity index (χ4v) is 3.85. The summed E-state index contributed by atoms with van der Waals surface area (Å²) in [4.78, 5) is 9.11. The number of hydrogen-bond acceptors (Lipinski definition) is 3. The topological polar surface area (TPSA) is 42.9 Å². The predicted octanol–water partition coefficient (Wildman–Crippen LogP) is 3.77. The van der Waals surface area contributed by atoms with E-state index in [-0.39, 0.29) is 6.04 Å². The smallest absolute Gasteiger partial charge is 0.191 e. The number of anilines is 1. The molecule has 1 heterocycles. The number of benzene rings is 2. The van der Waals surface area contributed by atoms with Crippen molar-refractivity contribution in [3.63, 3.8) is 0 Å². The second kappa shape index (κ2) is 10.3. The molecule has 1 saturated heterocycles. The van der Waals surface area contributed by atoms with Crippen molar-refractivity contribution in [2.24, 2.45) is 4.99 Å². The van der Waals surface area contributed by atoms with Gasteiger partial charge in [0.05, 0.1) is 6.04 Å². The average Bonchev–Trinajstić information content (AvgIpc) is 3.26. The Hall–Kier alpha value is -2.53. The molecule has 156 valence electrons. The minimum atomic E-state index is 0.181. The average molecular weight is 394 g/mol. The quantitative estimate of drug-likeness (QED) is 0.555. The molecule has 0 aromatic heterocycles. The fourth-order valence-electron chi connectivity index (χ4n) is 3.85. The molecular formula is C24H35N5. The lowest BCUT2D eigenvalue weighted by Crippen LogP contribution is -2.38. The predicted molar refractivity (Wildman–Crippen MR) is 123 cm³/mol. The Morgan fingerprint density at radius 1 is 1.07 bits per heavy atom. The maximum atomic E-state index is 4.43. The number of nitrogens with zero attached hydrogens (tertiary/aromatic N) is 3. The lowest BCUT2D eigenvalue weighted by molar-refractivity contribution is 0.400. The van der Waals surface area contributed by atoms with Crippen LogP contribution in [0.1, 0.15) is 42.5 Å². The van der Waals surface area contributed by atoms with Gasteiger partial charge in [-0.15, -0.1) is 0 Å². The van der Waals surface area contributed by atoms with Gasteiger partial charge in [-0.3, -0.25) is 4.99 Å². The number of hydrogen-bond donors (Lipinski definition) is 2. The highest BCUT2D eigenvalue weighted by atomic mass is 15.2. The van der Waals surface area contributed by atoms with E-state index in [0.717, 1.165) is 19.0 Å². The van der Waals surface area contributed by atoms with Gasteiger partial charge in [0.25, 0.3) is 0 Å². The summed E-state index contributed by atoms with van der Waals surface area (Å²) in [5, 5.41) is 7.02.